The van der Waals surface area contributed by atoms with E-state index >= 15 is 0 Å². The van der Waals surface area contributed by atoms with Crippen molar-refractivity contribution < 1.29 is 4.42 Å². The van der Waals surface area contributed by atoms with E-state index in [1.807, 2.05) is 6.08 Å². The molecule has 1 unspecified atom stereocenters. The Morgan fingerprint density at radius 2 is 2.69 bits per heavy atom. The normalized spacial score (nSPS) is 12.7. The molecule has 3 nitrogen and oxygen atoms in total. The summed E-state index contributed by atoms with van der Waals surface area (Å²) < 4.78 is 5.11. The van der Waals surface area contributed by atoms with E-state index in [1.54, 1.807) is 24.2 Å². The number of nitrogens with zero attached hydrogens (tertiary/aromatic N) is 1. The van der Waals surface area contributed by atoms with E-state index in [2.05, 4.69) is 23.8 Å². The second-order valence-electron chi connectivity index (χ2n) is 2.67. The molecule has 0 aliphatic carbocycles. The molecule has 0 radical (unpaired) electrons. The van der Waals surface area contributed by atoms with E-state index in [4.69, 9.17) is 4.42 Å². The van der Waals surface area contributed by atoms with Crippen LogP contribution in [-0.2, 0) is 0 Å². The number of hydrogen-bond acceptors (Lipinski definition) is 4. The zero-order valence-electron chi connectivity index (χ0n) is 7.69. The van der Waals surface area contributed by atoms with Crippen molar-refractivity contribution >= 4 is 11.8 Å². The van der Waals surface area contributed by atoms with Crippen molar-refractivity contribution in [2.45, 2.75) is 17.4 Å². The molecule has 0 fully saturated rings. The Bertz CT molecular complexity index is 236. The summed E-state index contributed by atoms with van der Waals surface area (Å²) in [4.78, 5) is 4.03. The quantitative estimate of drug-likeness (QED) is 0.430. The van der Waals surface area contributed by atoms with Gasteiger partial charge in [0.05, 0.1) is 6.20 Å². The lowest BCUT2D eigenvalue weighted by Gasteiger charge is -2.07. The van der Waals surface area contributed by atoms with Crippen LogP contribution < -0.4 is 5.32 Å². The van der Waals surface area contributed by atoms with Crippen LogP contribution in [0.25, 0.3) is 0 Å². The first-order valence-corrected chi connectivity index (χ1v) is 5.08. The van der Waals surface area contributed by atoms with Crippen molar-refractivity contribution in [2.24, 2.45) is 0 Å². The molecule has 1 atom stereocenters. The van der Waals surface area contributed by atoms with Gasteiger partial charge in [0.15, 0.2) is 0 Å². The molecule has 0 amide bonds. The van der Waals surface area contributed by atoms with Gasteiger partial charge in [-0.15, -0.1) is 6.58 Å². The summed E-state index contributed by atoms with van der Waals surface area (Å²) in [6, 6.07) is 0. The summed E-state index contributed by atoms with van der Waals surface area (Å²) in [5.74, 6) is 0. The van der Waals surface area contributed by atoms with Gasteiger partial charge in [-0.05, 0) is 0 Å². The molecule has 1 N–H and O–H groups in total. The maximum absolute atomic E-state index is 5.11. The molecule has 0 aromatic carbocycles. The first-order valence-electron chi connectivity index (χ1n) is 4.20. The molecule has 1 rings (SSSR count). The second-order valence-corrected chi connectivity index (χ2v) is 4.06. The molecule has 1 aromatic heterocycles. The van der Waals surface area contributed by atoms with Gasteiger partial charge >= 0.3 is 0 Å². The number of rotatable bonds is 6. The molecule has 0 aliphatic rings. The number of oxazole rings is 1. The van der Waals surface area contributed by atoms with Gasteiger partial charge in [-0.2, -0.15) is 0 Å². The van der Waals surface area contributed by atoms with Gasteiger partial charge in [-0.25, -0.2) is 4.98 Å². The van der Waals surface area contributed by atoms with Crippen molar-refractivity contribution in [2.75, 3.05) is 13.1 Å². The highest BCUT2D eigenvalue weighted by Gasteiger charge is 2.06. The number of thioether (sulfide) groups is 1. The third-order valence-corrected chi connectivity index (χ3v) is 2.40. The standard InChI is InChI=1S/C9H14N2OS/c1-3-4-10-7-8(2)13-9-11-5-6-12-9/h3,5-6,8,10H,1,4,7H2,2H3. The number of nitrogens with one attached hydrogen (secondary N) is 1. The van der Waals surface area contributed by atoms with Crippen LogP contribution >= 0.6 is 11.8 Å². The molecule has 72 valence electrons. The zero-order chi connectivity index (χ0) is 9.52. The molecule has 1 heterocycles. The molecular weight excluding hydrogens is 184 g/mol. The average molecular weight is 198 g/mol. The van der Waals surface area contributed by atoms with E-state index in [0.717, 1.165) is 18.3 Å². The van der Waals surface area contributed by atoms with Crippen LogP contribution in [-0.4, -0.2) is 23.3 Å². The van der Waals surface area contributed by atoms with E-state index in [9.17, 15) is 0 Å². The zero-order valence-corrected chi connectivity index (χ0v) is 8.51. The summed E-state index contributed by atoms with van der Waals surface area (Å²) in [6.45, 7) is 7.54. The average Bonchev–Trinajstić information content (AvgIpc) is 2.57. The number of aromatic nitrogens is 1. The Labute approximate surface area is 82.6 Å². The van der Waals surface area contributed by atoms with Crippen LogP contribution in [0.3, 0.4) is 0 Å². The van der Waals surface area contributed by atoms with Crippen molar-refractivity contribution in [3.05, 3.63) is 25.1 Å². The van der Waals surface area contributed by atoms with Gasteiger partial charge in [0.25, 0.3) is 5.22 Å². The van der Waals surface area contributed by atoms with Crippen LogP contribution in [0.5, 0.6) is 0 Å². The molecule has 4 heteroatoms. The third-order valence-electron chi connectivity index (χ3n) is 1.43. The maximum atomic E-state index is 5.11. The van der Waals surface area contributed by atoms with Crippen molar-refractivity contribution in [1.82, 2.24) is 10.3 Å². The fraction of sp³-hybridized carbons (Fsp3) is 0.444. The van der Waals surface area contributed by atoms with E-state index in [-0.39, 0.29) is 0 Å². The van der Waals surface area contributed by atoms with E-state index in [1.165, 1.54) is 0 Å². The van der Waals surface area contributed by atoms with Gasteiger partial charge in [0, 0.05) is 18.3 Å². The SMILES string of the molecule is C=CCNCC(C)Sc1ncco1. The summed E-state index contributed by atoms with van der Waals surface area (Å²) in [6.07, 6.45) is 5.10. The Morgan fingerprint density at radius 1 is 1.85 bits per heavy atom. The topological polar surface area (TPSA) is 38.1 Å². The Hall–Kier alpha value is -0.740. The molecule has 0 saturated carbocycles. The Morgan fingerprint density at radius 3 is 3.31 bits per heavy atom. The predicted molar refractivity (Wildman–Crippen MR) is 54.9 cm³/mol. The molecule has 0 spiro atoms. The van der Waals surface area contributed by atoms with Crippen molar-refractivity contribution in [1.29, 1.82) is 0 Å². The highest BCUT2D eigenvalue weighted by Crippen LogP contribution is 2.19. The number of hydrogen-bond donors (Lipinski definition) is 1. The van der Waals surface area contributed by atoms with Gasteiger partial charge in [0.2, 0.25) is 0 Å². The van der Waals surface area contributed by atoms with E-state index in [0.29, 0.717) is 5.25 Å². The molecule has 0 aliphatic heterocycles. The van der Waals surface area contributed by atoms with Crippen LogP contribution in [0.4, 0.5) is 0 Å². The monoisotopic (exact) mass is 198 g/mol. The van der Waals surface area contributed by atoms with Gasteiger partial charge in [0.1, 0.15) is 6.26 Å². The van der Waals surface area contributed by atoms with Crippen molar-refractivity contribution in [3.8, 4) is 0 Å². The van der Waals surface area contributed by atoms with Crippen LogP contribution in [0.2, 0.25) is 0 Å². The lowest BCUT2D eigenvalue weighted by atomic mass is 10.4. The maximum Gasteiger partial charge on any atom is 0.255 e. The first kappa shape index (κ1) is 10.3. The van der Waals surface area contributed by atoms with Crippen LogP contribution in [0.15, 0.2) is 34.8 Å². The minimum Gasteiger partial charge on any atom is -0.440 e. The molecular formula is C9H14N2OS. The lowest BCUT2D eigenvalue weighted by molar-refractivity contribution is 0.453. The van der Waals surface area contributed by atoms with E-state index < -0.39 is 0 Å². The van der Waals surface area contributed by atoms with Gasteiger partial charge in [-0.3, -0.25) is 0 Å². The molecule has 13 heavy (non-hydrogen) atoms. The lowest BCUT2D eigenvalue weighted by Crippen LogP contribution is -2.22. The first-order chi connectivity index (χ1) is 6.33. The Kier molecular flexibility index (Phi) is 4.64. The Balaban J connectivity index is 2.17. The third kappa shape index (κ3) is 4.15. The van der Waals surface area contributed by atoms with Gasteiger partial charge in [-0.1, -0.05) is 24.8 Å². The smallest absolute Gasteiger partial charge is 0.255 e. The summed E-state index contributed by atoms with van der Waals surface area (Å²) >= 11 is 1.63. The highest BCUT2D eigenvalue weighted by atomic mass is 32.2. The largest absolute Gasteiger partial charge is 0.440 e. The minimum atomic E-state index is 0.457. The molecule has 0 bridgehead atoms. The summed E-state index contributed by atoms with van der Waals surface area (Å²) in [5.41, 5.74) is 0. The van der Waals surface area contributed by atoms with Crippen molar-refractivity contribution in [3.63, 3.8) is 0 Å². The second kappa shape index (κ2) is 5.83. The summed E-state index contributed by atoms with van der Waals surface area (Å²) in [5, 5.41) is 4.43. The minimum absolute atomic E-state index is 0.457. The molecule has 0 saturated heterocycles. The fourth-order valence-electron chi connectivity index (χ4n) is 0.871. The fourth-order valence-corrected chi connectivity index (χ4v) is 1.65. The highest BCUT2D eigenvalue weighted by molar-refractivity contribution is 7.99. The predicted octanol–water partition coefficient (Wildman–Crippen LogP) is 1.93. The summed E-state index contributed by atoms with van der Waals surface area (Å²) in [7, 11) is 0. The van der Waals surface area contributed by atoms with Crippen LogP contribution in [0, 0.1) is 0 Å². The van der Waals surface area contributed by atoms with Crippen LogP contribution in [0.1, 0.15) is 6.92 Å². The van der Waals surface area contributed by atoms with Gasteiger partial charge < -0.3 is 9.73 Å². The molecule has 1 aromatic rings.